The van der Waals surface area contributed by atoms with E-state index in [1.165, 1.54) is 6.92 Å². The molecule has 0 aromatic heterocycles. The van der Waals surface area contributed by atoms with Crippen LogP contribution in [0.25, 0.3) is 0 Å². The zero-order valence-corrected chi connectivity index (χ0v) is 6.33. The van der Waals surface area contributed by atoms with Gasteiger partial charge in [0.2, 0.25) is 5.91 Å². The van der Waals surface area contributed by atoms with Crippen molar-refractivity contribution in [1.29, 1.82) is 0 Å². The molecule has 1 heterocycles. The van der Waals surface area contributed by atoms with Crippen molar-refractivity contribution in [3.63, 3.8) is 0 Å². The van der Waals surface area contributed by atoms with Gasteiger partial charge in [-0.1, -0.05) is 6.92 Å². The summed E-state index contributed by atoms with van der Waals surface area (Å²) >= 11 is 0. The van der Waals surface area contributed by atoms with E-state index in [1.54, 1.807) is 0 Å². The number of carbonyl (C=O) groups is 3. The predicted octanol–water partition coefficient (Wildman–Crippen LogP) is -1.08. The van der Waals surface area contributed by atoms with E-state index in [9.17, 15) is 14.4 Å². The second-order valence-corrected chi connectivity index (χ2v) is 2.57. The Balaban J connectivity index is 2.79. The normalized spacial score (nSPS) is 29.1. The van der Waals surface area contributed by atoms with Gasteiger partial charge in [0.15, 0.2) is 0 Å². The first-order valence-corrected chi connectivity index (χ1v) is 3.36. The quantitative estimate of drug-likeness (QED) is 0.468. The smallest absolute Gasteiger partial charge is 0.327 e. The Bertz CT molecular complexity index is 250. The Morgan fingerprint density at radius 1 is 1.50 bits per heavy atom. The van der Waals surface area contributed by atoms with E-state index in [1.807, 2.05) is 5.32 Å². The summed E-state index contributed by atoms with van der Waals surface area (Å²) in [6.45, 7) is 1.44. The molecular formula is C6H8N2O4. The molecule has 0 aromatic rings. The molecule has 2 unspecified atom stereocenters. The number of carboxylic acids is 1. The molecule has 1 rings (SSSR count). The minimum atomic E-state index is -1.20. The summed E-state index contributed by atoms with van der Waals surface area (Å²) in [5.74, 6) is -2.50. The van der Waals surface area contributed by atoms with Crippen molar-refractivity contribution in [2.75, 3.05) is 0 Å². The van der Waals surface area contributed by atoms with E-state index in [4.69, 9.17) is 5.11 Å². The average molecular weight is 172 g/mol. The molecule has 3 amide bonds. The summed E-state index contributed by atoms with van der Waals surface area (Å²) < 4.78 is 0. The standard InChI is InChI=1S/C6H8N2O4/c1-2-3(5(10)11)7-6(12)8-4(2)9/h2-3H,1H3,(H,10,11)(H2,7,8,9,12). The summed E-state index contributed by atoms with van der Waals surface area (Å²) in [5.41, 5.74) is 0. The molecule has 0 bridgehead atoms. The number of nitrogens with one attached hydrogen (secondary N) is 2. The molecule has 1 aliphatic heterocycles. The summed E-state index contributed by atoms with van der Waals surface area (Å²) in [4.78, 5) is 32.0. The molecule has 12 heavy (non-hydrogen) atoms. The Kier molecular flexibility index (Phi) is 1.99. The van der Waals surface area contributed by atoms with Gasteiger partial charge in [-0.3, -0.25) is 10.1 Å². The molecular weight excluding hydrogens is 164 g/mol. The minimum absolute atomic E-state index is 0.564. The van der Waals surface area contributed by atoms with Gasteiger partial charge in [-0.25, -0.2) is 9.59 Å². The lowest BCUT2D eigenvalue weighted by Crippen LogP contribution is -2.60. The van der Waals surface area contributed by atoms with Gasteiger partial charge in [0.25, 0.3) is 0 Å². The van der Waals surface area contributed by atoms with Gasteiger partial charge in [0.1, 0.15) is 6.04 Å². The molecule has 1 saturated heterocycles. The van der Waals surface area contributed by atoms with Gasteiger partial charge in [0, 0.05) is 0 Å². The number of hydrogen-bond donors (Lipinski definition) is 3. The van der Waals surface area contributed by atoms with Gasteiger partial charge in [-0.05, 0) is 0 Å². The molecule has 66 valence electrons. The van der Waals surface area contributed by atoms with Crippen LogP contribution in [0.1, 0.15) is 6.92 Å². The van der Waals surface area contributed by atoms with Crippen molar-refractivity contribution in [3.8, 4) is 0 Å². The second kappa shape index (κ2) is 2.80. The number of carboxylic acid groups (broad SMARTS) is 1. The monoisotopic (exact) mass is 172 g/mol. The van der Waals surface area contributed by atoms with Crippen LogP contribution in [-0.2, 0) is 9.59 Å². The predicted molar refractivity (Wildman–Crippen MR) is 37.3 cm³/mol. The molecule has 0 aliphatic carbocycles. The van der Waals surface area contributed by atoms with Gasteiger partial charge >= 0.3 is 12.0 Å². The summed E-state index contributed by atoms with van der Waals surface area (Å²) in [5, 5.41) is 12.6. The van der Waals surface area contributed by atoms with Crippen LogP contribution in [0, 0.1) is 5.92 Å². The van der Waals surface area contributed by atoms with E-state index >= 15 is 0 Å². The van der Waals surface area contributed by atoms with E-state index in [0.717, 1.165) is 0 Å². The fourth-order valence-electron chi connectivity index (χ4n) is 0.955. The molecule has 3 N–H and O–H groups in total. The molecule has 2 atom stereocenters. The van der Waals surface area contributed by atoms with Crippen LogP contribution in [0.3, 0.4) is 0 Å². The number of urea groups is 1. The third-order valence-corrected chi connectivity index (χ3v) is 1.70. The van der Waals surface area contributed by atoms with Gasteiger partial charge in [0.05, 0.1) is 5.92 Å². The van der Waals surface area contributed by atoms with Crippen LogP contribution in [0.4, 0.5) is 4.79 Å². The Morgan fingerprint density at radius 3 is 2.58 bits per heavy atom. The highest BCUT2D eigenvalue weighted by Crippen LogP contribution is 2.07. The van der Waals surface area contributed by atoms with E-state index in [-0.39, 0.29) is 0 Å². The molecule has 1 fully saturated rings. The van der Waals surface area contributed by atoms with Crippen molar-refractivity contribution in [2.45, 2.75) is 13.0 Å². The van der Waals surface area contributed by atoms with Gasteiger partial charge in [-0.2, -0.15) is 0 Å². The first-order valence-electron chi connectivity index (χ1n) is 3.36. The highest BCUT2D eigenvalue weighted by atomic mass is 16.4. The average Bonchev–Trinajstić information content (AvgIpc) is 1.96. The maximum Gasteiger partial charge on any atom is 0.327 e. The molecule has 0 radical (unpaired) electrons. The van der Waals surface area contributed by atoms with Crippen LogP contribution in [-0.4, -0.2) is 29.1 Å². The van der Waals surface area contributed by atoms with Crippen molar-refractivity contribution < 1.29 is 19.5 Å². The van der Waals surface area contributed by atoms with Crippen LogP contribution in [0.15, 0.2) is 0 Å². The number of imide groups is 1. The summed E-state index contributed by atoms with van der Waals surface area (Å²) in [7, 11) is 0. The summed E-state index contributed by atoms with van der Waals surface area (Å²) in [6, 6.07) is -1.88. The number of hydrogen-bond acceptors (Lipinski definition) is 3. The second-order valence-electron chi connectivity index (χ2n) is 2.57. The number of amides is 3. The number of carbonyl (C=O) groups excluding carboxylic acids is 2. The SMILES string of the molecule is CC1C(=O)NC(=O)NC1C(=O)O. The summed E-state index contributed by atoms with van der Waals surface area (Å²) in [6.07, 6.45) is 0. The van der Waals surface area contributed by atoms with Gasteiger partial charge in [-0.15, -0.1) is 0 Å². The lowest BCUT2D eigenvalue weighted by molar-refractivity contribution is -0.144. The van der Waals surface area contributed by atoms with Crippen LogP contribution < -0.4 is 10.6 Å². The van der Waals surface area contributed by atoms with Crippen molar-refractivity contribution in [3.05, 3.63) is 0 Å². The van der Waals surface area contributed by atoms with E-state index in [2.05, 4.69) is 5.32 Å². The van der Waals surface area contributed by atoms with Crippen molar-refractivity contribution in [2.24, 2.45) is 5.92 Å². The minimum Gasteiger partial charge on any atom is -0.480 e. The lowest BCUT2D eigenvalue weighted by Gasteiger charge is -2.25. The largest absolute Gasteiger partial charge is 0.480 e. The van der Waals surface area contributed by atoms with E-state index in [0.29, 0.717) is 0 Å². The fraction of sp³-hybridized carbons (Fsp3) is 0.500. The maximum atomic E-state index is 10.9. The Morgan fingerprint density at radius 2 is 2.08 bits per heavy atom. The zero-order valence-electron chi connectivity index (χ0n) is 6.33. The molecule has 0 saturated carbocycles. The van der Waals surface area contributed by atoms with E-state index < -0.39 is 29.9 Å². The highest BCUT2D eigenvalue weighted by Gasteiger charge is 2.36. The van der Waals surface area contributed by atoms with Crippen molar-refractivity contribution >= 4 is 17.9 Å². The van der Waals surface area contributed by atoms with Crippen LogP contribution >= 0.6 is 0 Å². The zero-order chi connectivity index (χ0) is 9.30. The number of aliphatic carboxylic acids is 1. The first-order chi connectivity index (χ1) is 5.52. The molecule has 6 nitrogen and oxygen atoms in total. The maximum absolute atomic E-state index is 10.9. The third-order valence-electron chi connectivity index (χ3n) is 1.70. The highest BCUT2D eigenvalue weighted by molar-refractivity contribution is 6.02. The Labute approximate surface area is 67.9 Å². The number of rotatable bonds is 1. The third kappa shape index (κ3) is 1.36. The molecule has 0 spiro atoms. The van der Waals surface area contributed by atoms with Crippen LogP contribution in [0.5, 0.6) is 0 Å². The van der Waals surface area contributed by atoms with Crippen LogP contribution in [0.2, 0.25) is 0 Å². The molecule has 1 aliphatic rings. The molecule has 6 heteroatoms. The lowest BCUT2D eigenvalue weighted by atomic mass is 10.00. The van der Waals surface area contributed by atoms with Crippen molar-refractivity contribution in [1.82, 2.24) is 10.6 Å². The fourth-order valence-corrected chi connectivity index (χ4v) is 0.955. The van der Waals surface area contributed by atoms with Gasteiger partial charge < -0.3 is 10.4 Å². The Hall–Kier alpha value is -1.59. The first kappa shape index (κ1) is 8.51. The topological polar surface area (TPSA) is 95.5 Å². The molecule has 0 aromatic carbocycles.